The van der Waals surface area contributed by atoms with E-state index in [1.54, 1.807) is 0 Å². The fourth-order valence-corrected chi connectivity index (χ4v) is 0.873. The predicted octanol–water partition coefficient (Wildman–Crippen LogP) is -0.592. The largest absolute Gasteiger partial charge is 0.380 e. The molecular weight excluding hydrogens is 172 g/mol. The van der Waals surface area contributed by atoms with E-state index in [0.717, 1.165) is 0 Å². The summed E-state index contributed by atoms with van der Waals surface area (Å²) in [4.78, 5) is 9.70. The summed E-state index contributed by atoms with van der Waals surface area (Å²) < 4.78 is 0. The highest BCUT2D eigenvalue weighted by molar-refractivity contribution is 5.85. The normalized spacial score (nSPS) is 22.7. The number of aliphatic hydroxyl groups is 1. The smallest absolute Gasteiger partial charge is 0.241 e. The molecule has 1 aliphatic heterocycles. The van der Waals surface area contributed by atoms with E-state index in [1.165, 1.54) is 6.92 Å². The molecule has 66 valence electrons. The Morgan fingerprint density at radius 3 is 2.27 bits per heavy atom. The Bertz CT molecular complexity index is 160. The van der Waals surface area contributed by atoms with Crippen molar-refractivity contribution in [3.8, 4) is 0 Å². The van der Waals surface area contributed by atoms with E-state index >= 15 is 0 Å². The number of nitrogens with one attached hydrogen (secondary N) is 1. The van der Waals surface area contributed by atoms with Crippen molar-refractivity contribution in [1.29, 1.82) is 0 Å². The number of nitro groups is 1. The molecule has 11 heavy (non-hydrogen) atoms. The van der Waals surface area contributed by atoms with Gasteiger partial charge in [-0.3, -0.25) is 10.1 Å². The summed E-state index contributed by atoms with van der Waals surface area (Å²) >= 11 is 0. The van der Waals surface area contributed by atoms with Crippen molar-refractivity contribution in [3.05, 3.63) is 10.1 Å². The third-order valence-corrected chi connectivity index (χ3v) is 1.96. The third kappa shape index (κ3) is 1.79. The van der Waals surface area contributed by atoms with E-state index in [9.17, 15) is 15.2 Å². The van der Waals surface area contributed by atoms with E-state index in [-0.39, 0.29) is 12.4 Å². The van der Waals surface area contributed by atoms with Crippen molar-refractivity contribution in [3.63, 3.8) is 0 Å². The topological polar surface area (TPSA) is 75.4 Å². The van der Waals surface area contributed by atoms with Crippen LogP contribution in [0.1, 0.15) is 6.92 Å². The van der Waals surface area contributed by atoms with Crippen molar-refractivity contribution in [1.82, 2.24) is 5.32 Å². The van der Waals surface area contributed by atoms with Gasteiger partial charge in [0, 0.05) is 24.9 Å². The van der Waals surface area contributed by atoms with Gasteiger partial charge in [0.1, 0.15) is 0 Å². The summed E-state index contributed by atoms with van der Waals surface area (Å²) in [6.45, 7) is 2.07. The van der Waals surface area contributed by atoms with Crippen LogP contribution in [0.15, 0.2) is 0 Å². The summed E-state index contributed by atoms with van der Waals surface area (Å²) in [5.41, 5.74) is -1.11. The van der Waals surface area contributed by atoms with E-state index in [2.05, 4.69) is 5.32 Å². The number of halogens is 1. The zero-order valence-electron chi connectivity index (χ0n) is 6.11. The van der Waals surface area contributed by atoms with Crippen LogP contribution >= 0.6 is 12.4 Å². The zero-order chi connectivity index (χ0) is 7.78. The molecule has 6 heteroatoms. The lowest BCUT2D eigenvalue weighted by molar-refractivity contribution is -0.543. The lowest BCUT2D eigenvalue weighted by Gasteiger charge is -2.37. The Labute approximate surface area is 70.3 Å². The van der Waals surface area contributed by atoms with Crippen LogP contribution in [0.4, 0.5) is 0 Å². The van der Waals surface area contributed by atoms with Crippen LogP contribution in [0.25, 0.3) is 0 Å². The second-order valence-electron chi connectivity index (χ2n) is 2.67. The van der Waals surface area contributed by atoms with E-state index in [1.807, 2.05) is 0 Å². The fourth-order valence-electron chi connectivity index (χ4n) is 0.873. The van der Waals surface area contributed by atoms with Gasteiger partial charge < -0.3 is 10.4 Å². The summed E-state index contributed by atoms with van der Waals surface area (Å²) in [6, 6.07) is -0.867. The Morgan fingerprint density at radius 2 is 2.18 bits per heavy atom. The predicted molar refractivity (Wildman–Crippen MR) is 41.5 cm³/mol. The Kier molecular flexibility index (Phi) is 3.22. The van der Waals surface area contributed by atoms with Crippen LogP contribution in [0.5, 0.6) is 0 Å². The standard InChI is InChI=1S/C5H10N2O3.ClH/c1-4(7(9)10)5(8)2-6-3-5;/h4,6,8H,2-3H2,1H3;1H. The quantitative estimate of drug-likeness (QED) is 0.442. The van der Waals surface area contributed by atoms with Crippen LogP contribution in [0, 0.1) is 10.1 Å². The molecule has 1 aliphatic rings. The summed E-state index contributed by atoms with van der Waals surface area (Å²) in [7, 11) is 0. The molecule has 1 heterocycles. The number of hydrogen-bond donors (Lipinski definition) is 2. The summed E-state index contributed by atoms with van der Waals surface area (Å²) in [6.07, 6.45) is 0. The summed E-state index contributed by atoms with van der Waals surface area (Å²) in [5.74, 6) is 0. The highest BCUT2D eigenvalue weighted by Gasteiger charge is 2.46. The minimum absolute atomic E-state index is 0. The van der Waals surface area contributed by atoms with Gasteiger partial charge >= 0.3 is 0 Å². The zero-order valence-corrected chi connectivity index (χ0v) is 6.93. The van der Waals surface area contributed by atoms with Crippen LogP contribution in [0.2, 0.25) is 0 Å². The van der Waals surface area contributed by atoms with Gasteiger partial charge in [0.25, 0.3) is 0 Å². The number of rotatable bonds is 2. The molecule has 0 aromatic rings. The van der Waals surface area contributed by atoms with Crippen molar-refractivity contribution < 1.29 is 10.0 Å². The highest BCUT2D eigenvalue weighted by atomic mass is 35.5. The number of nitrogens with zero attached hydrogens (tertiary/aromatic N) is 1. The molecule has 5 nitrogen and oxygen atoms in total. The average molecular weight is 183 g/mol. The van der Waals surface area contributed by atoms with Gasteiger partial charge in [-0.05, 0) is 0 Å². The van der Waals surface area contributed by atoms with Crippen molar-refractivity contribution in [2.45, 2.75) is 18.6 Å². The SMILES string of the molecule is CC([N+](=O)[O-])C1(O)CNC1.Cl. The molecule has 0 spiro atoms. The third-order valence-electron chi connectivity index (χ3n) is 1.96. The molecule has 0 radical (unpaired) electrons. The van der Waals surface area contributed by atoms with Gasteiger partial charge in [0.2, 0.25) is 6.04 Å². The first-order chi connectivity index (χ1) is 4.56. The molecule has 0 saturated carbocycles. The molecule has 2 N–H and O–H groups in total. The lowest BCUT2D eigenvalue weighted by Crippen LogP contribution is -2.66. The molecule has 1 rings (SSSR count). The van der Waals surface area contributed by atoms with Crippen molar-refractivity contribution in [2.75, 3.05) is 13.1 Å². The first-order valence-electron chi connectivity index (χ1n) is 3.13. The second kappa shape index (κ2) is 3.34. The molecule has 0 aromatic carbocycles. The molecular formula is C5H11ClN2O3. The minimum Gasteiger partial charge on any atom is -0.380 e. The van der Waals surface area contributed by atoms with E-state index in [4.69, 9.17) is 0 Å². The monoisotopic (exact) mass is 182 g/mol. The lowest BCUT2D eigenvalue weighted by atomic mass is 9.90. The first-order valence-corrected chi connectivity index (χ1v) is 3.13. The number of β-amino-alcohol motifs (C(OH)–C–C–N with tert-alkyl or cyclic N) is 1. The molecule has 1 saturated heterocycles. The highest BCUT2D eigenvalue weighted by Crippen LogP contribution is 2.17. The molecule has 0 aliphatic carbocycles. The fraction of sp³-hybridized carbons (Fsp3) is 1.00. The molecule has 1 fully saturated rings. The second-order valence-corrected chi connectivity index (χ2v) is 2.67. The Balaban J connectivity index is 0.000001000. The van der Waals surface area contributed by atoms with Gasteiger partial charge in [0.05, 0.1) is 0 Å². The van der Waals surface area contributed by atoms with Gasteiger partial charge in [0.15, 0.2) is 5.60 Å². The molecule has 0 amide bonds. The Hall–Kier alpha value is -0.390. The van der Waals surface area contributed by atoms with Crippen molar-refractivity contribution in [2.24, 2.45) is 0 Å². The van der Waals surface area contributed by atoms with Gasteiger partial charge in [-0.15, -0.1) is 12.4 Å². The number of hydrogen-bond acceptors (Lipinski definition) is 4. The Morgan fingerprint density at radius 1 is 1.73 bits per heavy atom. The van der Waals surface area contributed by atoms with E-state index < -0.39 is 16.6 Å². The molecule has 1 unspecified atom stereocenters. The summed E-state index contributed by atoms with van der Waals surface area (Å²) in [5, 5.41) is 22.3. The van der Waals surface area contributed by atoms with Crippen LogP contribution in [-0.2, 0) is 0 Å². The van der Waals surface area contributed by atoms with Gasteiger partial charge in [-0.2, -0.15) is 0 Å². The van der Waals surface area contributed by atoms with Gasteiger partial charge in [-0.25, -0.2) is 0 Å². The maximum absolute atomic E-state index is 10.2. The van der Waals surface area contributed by atoms with Crippen LogP contribution < -0.4 is 5.32 Å². The maximum Gasteiger partial charge on any atom is 0.241 e. The molecule has 1 atom stereocenters. The molecule has 0 aromatic heterocycles. The maximum atomic E-state index is 10.2. The molecule has 0 bridgehead atoms. The van der Waals surface area contributed by atoms with Gasteiger partial charge in [-0.1, -0.05) is 0 Å². The average Bonchev–Trinajstić information content (AvgIpc) is 1.81. The van der Waals surface area contributed by atoms with Crippen LogP contribution in [0.3, 0.4) is 0 Å². The first kappa shape index (κ1) is 10.6. The minimum atomic E-state index is -1.11. The van der Waals surface area contributed by atoms with Crippen molar-refractivity contribution >= 4 is 12.4 Å². The van der Waals surface area contributed by atoms with Crippen LogP contribution in [-0.4, -0.2) is 34.8 Å². The van der Waals surface area contributed by atoms with E-state index in [0.29, 0.717) is 13.1 Å².